The summed E-state index contributed by atoms with van der Waals surface area (Å²) in [5.74, 6) is 0. The van der Waals surface area contributed by atoms with Gasteiger partial charge < -0.3 is 5.73 Å². The second-order valence-electron chi connectivity index (χ2n) is 4.74. The number of aromatic nitrogens is 1. The first-order chi connectivity index (χ1) is 9.49. The molecule has 8 heteroatoms. The quantitative estimate of drug-likeness (QED) is 0.883. The van der Waals surface area contributed by atoms with E-state index >= 15 is 0 Å². The summed E-state index contributed by atoms with van der Waals surface area (Å²) < 4.78 is 26.4. The molecular formula is C12H15N3O2S3. The van der Waals surface area contributed by atoms with E-state index in [0.717, 1.165) is 33.2 Å². The smallest absolute Gasteiger partial charge is 0.237 e. The van der Waals surface area contributed by atoms with Gasteiger partial charge in [0.05, 0.1) is 15.8 Å². The summed E-state index contributed by atoms with van der Waals surface area (Å²) >= 11 is 2.96. The third-order valence-corrected chi connectivity index (χ3v) is 7.04. The third-order valence-electron chi connectivity index (χ3n) is 3.09. The van der Waals surface area contributed by atoms with Crippen LogP contribution in [0.2, 0.25) is 0 Å². The molecule has 2 heterocycles. The molecule has 1 saturated carbocycles. The molecule has 3 N–H and O–H groups in total. The first-order valence-corrected chi connectivity index (χ1v) is 9.46. The lowest BCUT2D eigenvalue weighted by Crippen LogP contribution is -2.17. The molecule has 0 atom stereocenters. The van der Waals surface area contributed by atoms with E-state index in [1.807, 2.05) is 19.1 Å². The van der Waals surface area contributed by atoms with Gasteiger partial charge in [0.2, 0.25) is 10.0 Å². The number of nitrogens with zero attached hydrogens (tertiary/aromatic N) is 1. The molecule has 2 aromatic heterocycles. The number of aryl methyl sites for hydroxylation is 1. The van der Waals surface area contributed by atoms with Gasteiger partial charge in [-0.25, -0.2) is 13.4 Å². The predicted molar refractivity (Wildman–Crippen MR) is 83.6 cm³/mol. The van der Waals surface area contributed by atoms with Crippen LogP contribution in [-0.4, -0.2) is 18.7 Å². The monoisotopic (exact) mass is 329 g/mol. The second-order valence-corrected chi connectivity index (χ2v) is 9.07. The van der Waals surface area contributed by atoms with Crippen LogP contribution in [0.25, 0.3) is 10.6 Å². The largest absolute Gasteiger partial charge is 0.326 e. The average Bonchev–Trinajstić information content (AvgIpc) is 3.06. The van der Waals surface area contributed by atoms with Gasteiger partial charge in [-0.3, -0.25) is 4.72 Å². The Morgan fingerprint density at radius 1 is 1.40 bits per heavy atom. The number of thiazole rings is 1. The summed E-state index contributed by atoms with van der Waals surface area (Å²) in [6.07, 6.45) is 1.49. The summed E-state index contributed by atoms with van der Waals surface area (Å²) in [4.78, 5) is 7.54. The maximum atomic E-state index is 11.9. The highest BCUT2D eigenvalue weighted by Gasteiger charge is 2.36. The Bertz CT molecular complexity index is 729. The molecule has 0 bridgehead atoms. The molecular weight excluding hydrogens is 314 g/mol. The molecule has 108 valence electrons. The van der Waals surface area contributed by atoms with Gasteiger partial charge in [0, 0.05) is 16.3 Å². The van der Waals surface area contributed by atoms with Crippen molar-refractivity contribution < 1.29 is 8.42 Å². The fraction of sp³-hybridized carbons (Fsp3) is 0.417. The predicted octanol–water partition coefficient (Wildman–Crippen LogP) is 2.54. The van der Waals surface area contributed by atoms with Gasteiger partial charge >= 0.3 is 0 Å². The Balaban J connectivity index is 1.87. The Kier molecular flexibility index (Phi) is 3.57. The number of anilines is 1. The molecule has 0 saturated heterocycles. The summed E-state index contributed by atoms with van der Waals surface area (Å²) in [6, 6.07) is 3.96. The zero-order valence-electron chi connectivity index (χ0n) is 10.9. The number of nitrogens with one attached hydrogen (secondary N) is 1. The number of nitrogens with two attached hydrogens (primary N) is 1. The van der Waals surface area contributed by atoms with Crippen molar-refractivity contribution in [1.29, 1.82) is 0 Å². The summed E-state index contributed by atoms with van der Waals surface area (Å²) in [7, 11) is -3.24. The van der Waals surface area contributed by atoms with Gasteiger partial charge in [0.25, 0.3) is 0 Å². The van der Waals surface area contributed by atoms with E-state index in [1.54, 1.807) is 11.3 Å². The molecule has 3 rings (SSSR count). The lowest BCUT2D eigenvalue weighted by atomic mass is 10.3. The maximum Gasteiger partial charge on any atom is 0.237 e. The second kappa shape index (κ2) is 5.10. The lowest BCUT2D eigenvalue weighted by molar-refractivity contribution is 0.600. The number of hydrogen-bond donors (Lipinski definition) is 2. The molecule has 2 aromatic rings. The van der Waals surface area contributed by atoms with Crippen LogP contribution >= 0.6 is 22.7 Å². The van der Waals surface area contributed by atoms with Crippen molar-refractivity contribution in [3.05, 3.63) is 21.9 Å². The molecule has 20 heavy (non-hydrogen) atoms. The van der Waals surface area contributed by atoms with Crippen molar-refractivity contribution in [2.24, 2.45) is 5.73 Å². The van der Waals surface area contributed by atoms with Crippen molar-refractivity contribution in [1.82, 2.24) is 4.98 Å². The van der Waals surface area contributed by atoms with Gasteiger partial charge in [0.1, 0.15) is 0 Å². The fourth-order valence-corrected chi connectivity index (χ4v) is 5.27. The molecule has 0 aliphatic heterocycles. The van der Waals surface area contributed by atoms with Crippen LogP contribution in [0.3, 0.4) is 0 Å². The van der Waals surface area contributed by atoms with Gasteiger partial charge in [-0.05, 0) is 31.9 Å². The molecule has 5 nitrogen and oxygen atoms in total. The Labute approximate surface area is 125 Å². The normalized spacial score (nSPS) is 15.5. The zero-order chi connectivity index (χ0) is 14.3. The highest BCUT2D eigenvalue weighted by atomic mass is 32.2. The van der Waals surface area contributed by atoms with Crippen LogP contribution in [0.15, 0.2) is 12.1 Å². The third kappa shape index (κ3) is 2.73. The van der Waals surface area contributed by atoms with Gasteiger partial charge in [-0.15, -0.1) is 22.7 Å². The lowest BCUT2D eigenvalue weighted by Gasteiger charge is -2.01. The van der Waals surface area contributed by atoms with Crippen LogP contribution in [-0.2, 0) is 16.6 Å². The highest BCUT2D eigenvalue weighted by Crippen LogP contribution is 2.36. The number of thiophene rings is 1. The number of hydrogen-bond acceptors (Lipinski definition) is 6. The van der Waals surface area contributed by atoms with E-state index < -0.39 is 10.0 Å². The van der Waals surface area contributed by atoms with Crippen molar-refractivity contribution in [2.75, 3.05) is 4.72 Å². The van der Waals surface area contributed by atoms with Crippen LogP contribution in [0.4, 0.5) is 5.13 Å². The molecule has 1 fully saturated rings. The van der Waals surface area contributed by atoms with Crippen molar-refractivity contribution in [3.63, 3.8) is 0 Å². The van der Waals surface area contributed by atoms with Crippen molar-refractivity contribution >= 4 is 37.8 Å². The standard InChI is InChI=1S/C12H15N3O2S3/c1-7-11(10-5-2-8(6-13)19-10)14-12(18-7)15-20(16,17)9-3-4-9/h2,5,9H,3-4,6,13H2,1H3,(H,14,15). The van der Waals surface area contributed by atoms with Crippen LogP contribution in [0.1, 0.15) is 22.6 Å². The zero-order valence-corrected chi connectivity index (χ0v) is 13.4. The van der Waals surface area contributed by atoms with Crippen LogP contribution in [0, 0.1) is 6.92 Å². The minimum absolute atomic E-state index is 0.235. The molecule has 0 spiro atoms. The van der Waals surface area contributed by atoms with E-state index in [0.29, 0.717) is 11.7 Å². The first-order valence-electron chi connectivity index (χ1n) is 6.28. The Morgan fingerprint density at radius 2 is 2.15 bits per heavy atom. The highest BCUT2D eigenvalue weighted by molar-refractivity contribution is 7.93. The topological polar surface area (TPSA) is 85.1 Å². The molecule has 0 aromatic carbocycles. The average molecular weight is 329 g/mol. The summed E-state index contributed by atoms with van der Waals surface area (Å²) in [5.41, 5.74) is 6.45. The number of sulfonamides is 1. The van der Waals surface area contributed by atoms with E-state index in [9.17, 15) is 8.42 Å². The fourth-order valence-electron chi connectivity index (χ4n) is 1.87. The SMILES string of the molecule is Cc1sc(NS(=O)(=O)C2CC2)nc1-c1ccc(CN)s1. The maximum absolute atomic E-state index is 11.9. The molecule has 0 amide bonds. The minimum atomic E-state index is -3.24. The molecule has 1 aliphatic carbocycles. The Morgan fingerprint density at radius 3 is 2.75 bits per heavy atom. The van der Waals surface area contributed by atoms with Gasteiger partial charge in [-0.1, -0.05) is 0 Å². The van der Waals surface area contributed by atoms with E-state index in [2.05, 4.69) is 9.71 Å². The van der Waals surface area contributed by atoms with Gasteiger partial charge in [-0.2, -0.15) is 0 Å². The van der Waals surface area contributed by atoms with Crippen LogP contribution < -0.4 is 10.5 Å². The minimum Gasteiger partial charge on any atom is -0.326 e. The van der Waals surface area contributed by atoms with E-state index in [-0.39, 0.29) is 5.25 Å². The van der Waals surface area contributed by atoms with Crippen molar-refractivity contribution in [3.8, 4) is 10.6 Å². The molecule has 0 radical (unpaired) electrons. The van der Waals surface area contributed by atoms with E-state index in [4.69, 9.17) is 5.73 Å². The van der Waals surface area contributed by atoms with Crippen molar-refractivity contribution in [2.45, 2.75) is 31.6 Å². The summed E-state index contributed by atoms with van der Waals surface area (Å²) in [5, 5.41) is 0.216. The summed E-state index contributed by atoms with van der Waals surface area (Å²) in [6.45, 7) is 2.46. The first kappa shape index (κ1) is 14.0. The molecule has 1 aliphatic rings. The van der Waals surface area contributed by atoms with Gasteiger partial charge in [0.15, 0.2) is 5.13 Å². The van der Waals surface area contributed by atoms with E-state index in [1.165, 1.54) is 11.3 Å². The number of rotatable bonds is 5. The molecule has 0 unspecified atom stereocenters. The Hall–Kier alpha value is -0.960. The van der Waals surface area contributed by atoms with Crippen LogP contribution in [0.5, 0.6) is 0 Å².